The lowest BCUT2D eigenvalue weighted by atomic mass is 10.2. The molecule has 5 nitrogen and oxygen atoms in total. The normalized spacial score (nSPS) is 11.0. The van der Waals surface area contributed by atoms with Crippen LogP contribution in [0.15, 0.2) is 43.0 Å². The van der Waals surface area contributed by atoms with E-state index >= 15 is 0 Å². The Hall–Kier alpha value is -2.27. The maximum absolute atomic E-state index is 5.43. The first-order valence-electron chi connectivity index (χ1n) is 6.20. The van der Waals surface area contributed by atoms with Crippen molar-refractivity contribution in [3.63, 3.8) is 0 Å². The molecule has 96 valence electrons. The van der Waals surface area contributed by atoms with Gasteiger partial charge in [-0.25, -0.2) is 9.50 Å². The molecule has 0 aliphatic rings. The van der Waals surface area contributed by atoms with Crippen LogP contribution in [-0.2, 0) is 11.3 Å². The number of hydrogen-bond donors (Lipinski definition) is 0. The maximum Gasteiger partial charge on any atom is 0.161 e. The highest BCUT2D eigenvalue weighted by atomic mass is 16.5. The molecule has 0 aliphatic heterocycles. The minimum absolute atomic E-state index is 0.531. The first-order chi connectivity index (χ1) is 9.40. The van der Waals surface area contributed by atoms with Crippen molar-refractivity contribution in [3.8, 4) is 11.3 Å². The lowest BCUT2D eigenvalue weighted by Crippen LogP contribution is -1.97. The summed E-state index contributed by atoms with van der Waals surface area (Å²) in [7, 11) is 0. The van der Waals surface area contributed by atoms with Crippen LogP contribution in [0.1, 0.15) is 12.5 Å². The zero-order valence-electron chi connectivity index (χ0n) is 10.7. The van der Waals surface area contributed by atoms with E-state index in [4.69, 9.17) is 4.74 Å². The van der Waals surface area contributed by atoms with Gasteiger partial charge < -0.3 is 4.74 Å². The highest BCUT2D eigenvalue weighted by Crippen LogP contribution is 2.20. The van der Waals surface area contributed by atoms with Crippen LogP contribution in [0.3, 0.4) is 0 Å². The fourth-order valence-corrected chi connectivity index (χ4v) is 1.99. The van der Waals surface area contributed by atoms with E-state index in [0.29, 0.717) is 13.2 Å². The number of hydrogen-bond acceptors (Lipinski definition) is 4. The Morgan fingerprint density at radius 2 is 2.16 bits per heavy atom. The van der Waals surface area contributed by atoms with Gasteiger partial charge in [-0.1, -0.05) is 0 Å². The number of pyridine rings is 1. The van der Waals surface area contributed by atoms with Gasteiger partial charge in [0.05, 0.1) is 18.5 Å². The van der Waals surface area contributed by atoms with Gasteiger partial charge in [0.1, 0.15) is 0 Å². The fourth-order valence-electron chi connectivity index (χ4n) is 1.99. The second-order valence-corrected chi connectivity index (χ2v) is 4.11. The Morgan fingerprint density at radius 1 is 1.21 bits per heavy atom. The molecule has 0 fully saturated rings. The molecule has 0 amide bonds. The first kappa shape index (κ1) is 11.8. The van der Waals surface area contributed by atoms with Crippen molar-refractivity contribution < 1.29 is 4.74 Å². The minimum atomic E-state index is 0.531. The summed E-state index contributed by atoms with van der Waals surface area (Å²) in [4.78, 5) is 8.52. The first-order valence-corrected chi connectivity index (χ1v) is 6.20. The zero-order valence-corrected chi connectivity index (χ0v) is 10.7. The van der Waals surface area contributed by atoms with E-state index in [9.17, 15) is 0 Å². The van der Waals surface area contributed by atoms with Crippen molar-refractivity contribution >= 4 is 5.65 Å². The van der Waals surface area contributed by atoms with Crippen LogP contribution in [0.5, 0.6) is 0 Å². The van der Waals surface area contributed by atoms with E-state index in [1.165, 1.54) is 0 Å². The van der Waals surface area contributed by atoms with E-state index in [1.54, 1.807) is 18.6 Å². The van der Waals surface area contributed by atoms with Gasteiger partial charge >= 0.3 is 0 Å². The van der Waals surface area contributed by atoms with Crippen molar-refractivity contribution in [2.45, 2.75) is 13.5 Å². The maximum atomic E-state index is 5.43. The average Bonchev–Trinajstić information content (AvgIpc) is 2.89. The average molecular weight is 254 g/mol. The molecule has 3 heterocycles. The Labute approximate surface area is 110 Å². The predicted octanol–water partition coefficient (Wildman–Crippen LogP) is 2.33. The predicted molar refractivity (Wildman–Crippen MR) is 71.5 cm³/mol. The van der Waals surface area contributed by atoms with Crippen molar-refractivity contribution in [2.75, 3.05) is 6.61 Å². The standard InChI is InChI=1S/C14H14N4O/c1-2-19-10-12-9-17-18-13(5-7-16-14(12)18)11-4-3-6-15-8-11/h3-9H,2,10H2,1H3. The summed E-state index contributed by atoms with van der Waals surface area (Å²) in [5, 5.41) is 4.39. The van der Waals surface area contributed by atoms with Gasteiger partial charge in [0.25, 0.3) is 0 Å². The lowest BCUT2D eigenvalue weighted by molar-refractivity contribution is 0.135. The number of fused-ring (bicyclic) bond motifs is 1. The quantitative estimate of drug-likeness (QED) is 0.717. The number of aromatic nitrogens is 4. The van der Waals surface area contributed by atoms with E-state index in [1.807, 2.05) is 35.8 Å². The lowest BCUT2D eigenvalue weighted by Gasteiger charge is -2.04. The van der Waals surface area contributed by atoms with Gasteiger partial charge in [-0.3, -0.25) is 4.98 Å². The summed E-state index contributed by atoms with van der Waals surface area (Å²) in [6, 6.07) is 5.85. The molecule has 0 unspecified atom stereocenters. The molecule has 3 aromatic rings. The van der Waals surface area contributed by atoms with Gasteiger partial charge in [-0.2, -0.15) is 5.10 Å². The Bertz CT molecular complexity index is 678. The summed E-state index contributed by atoms with van der Waals surface area (Å²) in [5.41, 5.74) is 3.81. The third-order valence-corrected chi connectivity index (χ3v) is 2.89. The molecule has 3 rings (SSSR count). The largest absolute Gasteiger partial charge is 0.377 e. The molecule has 3 aromatic heterocycles. The fraction of sp³-hybridized carbons (Fsp3) is 0.214. The smallest absolute Gasteiger partial charge is 0.161 e. The van der Waals surface area contributed by atoms with Crippen LogP contribution in [0.25, 0.3) is 16.9 Å². The summed E-state index contributed by atoms with van der Waals surface area (Å²) >= 11 is 0. The number of rotatable bonds is 4. The third-order valence-electron chi connectivity index (χ3n) is 2.89. The monoisotopic (exact) mass is 254 g/mol. The van der Waals surface area contributed by atoms with Gasteiger partial charge in [-0.15, -0.1) is 0 Å². The Balaban J connectivity index is 2.10. The summed E-state index contributed by atoms with van der Waals surface area (Å²) in [6.45, 7) is 3.18. The van der Waals surface area contributed by atoms with Crippen molar-refractivity contribution in [1.29, 1.82) is 0 Å². The molecule has 0 spiro atoms. The topological polar surface area (TPSA) is 52.3 Å². The SMILES string of the molecule is CCOCc1cnn2c(-c3cccnc3)ccnc12. The minimum Gasteiger partial charge on any atom is -0.377 e. The Morgan fingerprint density at radius 3 is 2.95 bits per heavy atom. The van der Waals surface area contributed by atoms with Crippen molar-refractivity contribution in [3.05, 3.63) is 48.5 Å². The van der Waals surface area contributed by atoms with Gasteiger partial charge in [0, 0.05) is 36.3 Å². The van der Waals surface area contributed by atoms with E-state index in [0.717, 1.165) is 22.5 Å². The van der Waals surface area contributed by atoms with Crippen LogP contribution in [0.4, 0.5) is 0 Å². The summed E-state index contributed by atoms with van der Waals surface area (Å²) in [5.74, 6) is 0. The van der Waals surface area contributed by atoms with Crippen LogP contribution >= 0.6 is 0 Å². The molecule has 0 saturated heterocycles. The summed E-state index contributed by atoms with van der Waals surface area (Å²) < 4.78 is 7.25. The molecule has 5 heteroatoms. The molecule has 19 heavy (non-hydrogen) atoms. The highest BCUT2D eigenvalue weighted by Gasteiger charge is 2.09. The van der Waals surface area contributed by atoms with Gasteiger partial charge in [-0.05, 0) is 25.1 Å². The highest BCUT2D eigenvalue weighted by molar-refractivity contribution is 5.62. The zero-order chi connectivity index (χ0) is 13.1. The van der Waals surface area contributed by atoms with E-state index in [-0.39, 0.29) is 0 Å². The van der Waals surface area contributed by atoms with Crippen molar-refractivity contribution in [2.24, 2.45) is 0 Å². The molecular weight excluding hydrogens is 240 g/mol. The number of nitrogens with zero attached hydrogens (tertiary/aromatic N) is 4. The molecule has 0 aromatic carbocycles. The molecule has 0 saturated carbocycles. The van der Waals surface area contributed by atoms with E-state index in [2.05, 4.69) is 15.1 Å². The second-order valence-electron chi connectivity index (χ2n) is 4.11. The van der Waals surface area contributed by atoms with Gasteiger partial charge in [0.15, 0.2) is 5.65 Å². The molecule has 0 bridgehead atoms. The summed E-state index contributed by atoms with van der Waals surface area (Å²) in [6.07, 6.45) is 7.16. The molecular formula is C14H14N4O. The number of ether oxygens (including phenoxy) is 1. The second kappa shape index (κ2) is 5.16. The molecule has 0 atom stereocenters. The van der Waals surface area contributed by atoms with Crippen LogP contribution in [-0.4, -0.2) is 26.2 Å². The van der Waals surface area contributed by atoms with Crippen molar-refractivity contribution in [1.82, 2.24) is 19.6 Å². The van der Waals surface area contributed by atoms with E-state index < -0.39 is 0 Å². The molecule has 0 aliphatic carbocycles. The van der Waals surface area contributed by atoms with Crippen LogP contribution in [0, 0.1) is 0 Å². The third kappa shape index (κ3) is 2.20. The van der Waals surface area contributed by atoms with Crippen LogP contribution in [0.2, 0.25) is 0 Å². The molecule has 0 N–H and O–H groups in total. The van der Waals surface area contributed by atoms with Gasteiger partial charge in [0.2, 0.25) is 0 Å². The molecule has 0 radical (unpaired) electrons. The Kier molecular flexibility index (Phi) is 3.20. The van der Waals surface area contributed by atoms with Crippen LogP contribution < -0.4 is 0 Å².